The van der Waals surface area contributed by atoms with Crippen LogP contribution in [0, 0.1) is 0 Å². The number of aromatic nitrogens is 3. The van der Waals surface area contributed by atoms with E-state index in [0.29, 0.717) is 11.5 Å². The summed E-state index contributed by atoms with van der Waals surface area (Å²) in [6.07, 6.45) is 4.13. The molecule has 1 N–H and O–H groups in total. The molecule has 0 saturated carbocycles. The average Bonchev–Trinajstić information content (AvgIpc) is 3.16. The smallest absolute Gasteiger partial charge is 0.227 e. The molecule has 4 rings (SSSR count). The summed E-state index contributed by atoms with van der Waals surface area (Å²) in [5.41, 5.74) is 3.15. The van der Waals surface area contributed by atoms with Crippen LogP contribution in [-0.4, -0.2) is 35.2 Å². The number of methoxy groups -OCH3 is 2. The molecule has 0 saturated heterocycles. The van der Waals surface area contributed by atoms with Crippen LogP contribution in [0.1, 0.15) is 17.2 Å². The van der Waals surface area contributed by atoms with Gasteiger partial charge in [0.15, 0.2) is 11.5 Å². The first-order chi connectivity index (χ1) is 13.2. The predicted molar refractivity (Wildman–Crippen MR) is 108 cm³/mol. The van der Waals surface area contributed by atoms with E-state index in [0.717, 1.165) is 27.9 Å². The second kappa shape index (κ2) is 7.36. The Hall–Kier alpha value is -2.93. The van der Waals surface area contributed by atoms with Gasteiger partial charge in [-0.15, -0.1) is 5.10 Å². The first-order valence-electron chi connectivity index (χ1n) is 8.50. The molecule has 0 bridgehead atoms. The maximum atomic E-state index is 5.48. The average molecular weight is 380 g/mol. The van der Waals surface area contributed by atoms with Crippen molar-refractivity contribution in [1.82, 2.24) is 14.8 Å². The van der Waals surface area contributed by atoms with Crippen LogP contribution in [0.2, 0.25) is 0 Å². The molecule has 0 amide bonds. The molecule has 3 aromatic rings. The fourth-order valence-corrected chi connectivity index (χ4v) is 3.47. The number of fused-ring (bicyclic) bond motifs is 1. The predicted octanol–water partition coefficient (Wildman–Crippen LogP) is 4.07. The summed E-state index contributed by atoms with van der Waals surface area (Å²) in [6.45, 7) is 0. The van der Waals surface area contributed by atoms with Crippen molar-refractivity contribution in [3.63, 3.8) is 0 Å². The molecule has 0 aliphatic carbocycles. The fraction of sp³-hybridized carbons (Fsp3) is 0.200. The zero-order chi connectivity index (χ0) is 18.8. The van der Waals surface area contributed by atoms with Gasteiger partial charge >= 0.3 is 0 Å². The van der Waals surface area contributed by atoms with Crippen LogP contribution in [-0.2, 0) is 0 Å². The minimum absolute atomic E-state index is 0.107. The van der Waals surface area contributed by atoms with Gasteiger partial charge in [-0.05, 0) is 35.6 Å². The second-order valence-corrected chi connectivity index (χ2v) is 6.77. The lowest BCUT2D eigenvalue weighted by Gasteiger charge is -2.25. The third-order valence-electron chi connectivity index (χ3n) is 4.46. The van der Waals surface area contributed by atoms with E-state index in [2.05, 4.69) is 33.6 Å². The lowest BCUT2D eigenvalue weighted by molar-refractivity contribution is 0.354. The van der Waals surface area contributed by atoms with Gasteiger partial charge in [0.1, 0.15) is 6.04 Å². The molecule has 0 radical (unpaired) electrons. The summed E-state index contributed by atoms with van der Waals surface area (Å²) in [4.78, 5) is 4.60. The summed E-state index contributed by atoms with van der Waals surface area (Å²) in [5.74, 6) is 2.11. The van der Waals surface area contributed by atoms with Gasteiger partial charge < -0.3 is 14.8 Å². The number of benzene rings is 2. The van der Waals surface area contributed by atoms with Gasteiger partial charge in [0.2, 0.25) is 11.1 Å². The Bertz CT molecular complexity index is 985. The van der Waals surface area contributed by atoms with Gasteiger partial charge in [0.25, 0.3) is 0 Å². The molecule has 7 heteroatoms. The van der Waals surface area contributed by atoms with Crippen molar-refractivity contribution in [1.29, 1.82) is 0 Å². The lowest BCUT2D eigenvalue weighted by Crippen LogP contribution is -2.20. The molecule has 1 atom stereocenters. The SMILES string of the molecule is COc1ccc([C@H]2C=C(c3ccccc3)Nc3nc(SC)nn32)cc1OC. The van der Waals surface area contributed by atoms with Crippen molar-refractivity contribution >= 4 is 23.4 Å². The first-order valence-corrected chi connectivity index (χ1v) is 9.72. The van der Waals surface area contributed by atoms with E-state index in [4.69, 9.17) is 9.47 Å². The van der Waals surface area contributed by atoms with Crippen molar-refractivity contribution in [2.75, 3.05) is 25.8 Å². The molecule has 1 aromatic heterocycles. The van der Waals surface area contributed by atoms with Gasteiger partial charge in [0, 0.05) is 5.70 Å². The molecular formula is C20H20N4O2S. The maximum absolute atomic E-state index is 5.48. The van der Waals surface area contributed by atoms with Crippen LogP contribution in [0.25, 0.3) is 5.70 Å². The van der Waals surface area contributed by atoms with Crippen LogP contribution in [0.3, 0.4) is 0 Å². The van der Waals surface area contributed by atoms with Crippen LogP contribution < -0.4 is 14.8 Å². The van der Waals surface area contributed by atoms with Crippen molar-refractivity contribution < 1.29 is 9.47 Å². The van der Waals surface area contributed by atoms with Crippen LogP contribution in [0.4, 0.5) is 5.95 Å². The number of hydrogen-bond donors (Lipinski definition) is 1. The first kappa shape index (κ1) is 17.5. The van der Waals surface area contributed by atoms with E-state index in [9.17, 15) is 0 Å². The van der Waals surface area contributed by atoms with E-state index in [1.807, 2.05) is 47.3 Å². The molecule has 2 aromatic carbocycles. The Balaban J connectivity index is 1.83. The highest BCUT2D eigenvalue weighted by Crippen LogP contribution is 2.37. The van der Waals surface area contributed by atoms with Crippen molar-refractivity contribution in [3.05, 3.63) is 65.7 Å². The van der Waals surface area contributed by atoms with Crippen LogP contribution in [0.5, 0.6) is 11.5 Å². The highest BCUT2D eigenvalue weighted by atomic mass is 32.2. The zero-order valence-corrected chi connectivity index (χ0v) is 16.2. The molecular weight excluding hydrogens is 360 g/mol. The quantitative estimate of drug-likeness (QED) is 0.673. The number of rotatable bonds is 5. The summed E-state index contributed by atoms with van der Waals surface area (Å²) < 4.78 is 12.8. The monoisotopic (exact) mass is 380 g/mol. The summed E-state index contributed by atoms with van der Waals surface area (Å²) in [7, 11) is 3.28. The van der Waals surface area contributed by atoms with E-state index in [-0.39, 0.29) is 6.04 Å². The normalized spacial score (nSPS) is 15.5. The van der Waals surface area contributed by atoms with Gasteiger partial charge in [-0.2, -0.15) is 4.98 Å². The standard InChI is InChI=1S/C20H20N4O2S/c1-25-17-10-9-14(11-18(17)26-2)16-12-15(13-7-5-4-6-8-13)21-19-22-20(27-3)23-24(16)19/h4-12,16H,1-3H3,(H,21,22,23)/t16-/m1/s1. The van der Waals surface area contributed by atoms with Crippen LogP contribution in [0.15, 0.2) is 59.8 Å². The topological polar surface area (TPSA) is 61.2 Å². The second-order valence-electron chi connectivity index (χ2n) is 6.00. The van der Waals surface area contributed by atoms with Gasteiger partial charge in [-0.3, -0.25) is 0 Å². The van der Waals surface area contributed by atoms with E-state index >= 15 is 0 Å². The highest BCUT2D eigenvalue weighted by Gasteiger charge is 2.26. The Labute approximate surface area is 162 Å². The zero-order valence-electron chi connectivity index (χ0n) is 15.3. The van der Waals surface area contributed by atoms with E-state index < -0.39 is 0 Å². The Morgan fingerprint density at radius 3 is 2.52 bits per heavy atom. The van der Waals surface area contributed by atoms with Crippen molar-refractivity contribution in [3.8, 4) is 11.5 Å². The minimum atomic E-state index is -0.107. The third kappa shape index (κ3) is 3.26. The lowest BCUT2D eigenvalue weighted by atomic mass is 10.0. The van der Waals surface area contributed by atoms with Crippen LogP contribution >= 0.6 is 11.8 Å². The molecule has 0 spiro atoms. The number of ether oxygens (including phenoxy) is 2. The molecule has 0 fully saturated rings. The number of thioether (sulfide) groups is 1. The van der Waals surface area contributed by atoms with Gasteiger partial charge in [0.05, 0.1) is 14.2 Å². The molecule has 2 heterocycles. The molecule has 138 valence electrons. The summed E-state index contributed by atoms with van der Waals surface area (Å²) in [5, 5.41) is 8.77. The maximum Gasteiger partial charge on any atom is 0.227 e. The Morgan fingerprint density at radius 1 is 1.04 bits per heavy atom. The molecule has 1 aliphatic rings. The number of nitrogens with one attached hydrogen (secondary N) is 1. The molecule has 1 aliphatic heterocycles. The van der Waals surface area contributed by atoms with Crippen molar-refractivity contribution in [2.24, 2.45) is 0 Å². The molecule has 0 unspecified atom stereocenters. The molecule has 6 nitrogen and oxygen atoms in total. The summed E-state index contributed by atoms with van der Waals surface area (Å²) in [6, 6.07) is 16.0. The van der Waals surface area contributed by atoms with Gasteiger partial charge in [-0.25, -0.2) is 4.68 Å². The minimum Gasteiger partial charge on any atom is -0.493 e. The third-order valence-corrected chi connectivity index (χ3v) is 5.00. The van der Waals surface area contributed by atoms with E-state index in [1.165, 1.54) is 11.8 Å². The van der Waals surface area contributed by atoms with Crippen molar-refractivity contribution in [2.45, 2.75) is 11.2 Å². The highest BCUT2D eigenvalue weighted by molar-refractivity contribution is 7.98. The molecule has 27 heavy (non-hydrogen) atoms. The number of allylic oxidation sites excluding steroid dienone is 1. The number of anilines is 1. The Kier molecular flexibility index (Phi) is 4.77. The Morgan fingerprint density at radius 2 is 1.81 bits per heavy atom. The summed E-state index contributed by atoms with van der Waals surface area (Å²) >= 11 is 1.52. The number of hydrogen-bond acceptors (Lipinski definition) is 6. The largest absolute Gasteiger partial charge is 0.493 e. The fourth-order valence-electron chi connectivity index (χ4n) is 3.12. The van der Waals surface area contributed by atoms with Gasteiger partial charge in [-0.1, -0.05) is 48.2 Å². The van der Waals surface area contributed by atoms with E-state index in [1.54, 1.807) is 14.2 Å². The number of nitrogens with zero attached hydrogens (tertiary/aromatic N) is 3.